The minimum Gasteiger partial charge on any atom is -0.390 e. The smallest absolute Gasteiger partial charge is 0.0791 e. The Labute approximate surface area is 92.6 Å². The Hall–Kier alpha value is -0.160. The van der Waals surface area contributed by atoms with Crippen molar-refractivity contribution in [3.8, 4) is 0 Å². The summed E-state index contributed by atoms with van der Waals surface area (Å²) in [6.45, 7) is 4.21. The van der Waals surface area contributed by atoms with E-state index in [1.54, 1.807) is 7.11 Å². The first kappa shape index (κ1) is 12.9. The fourth-order valence-electron chi connectivity index (χ4n) is 1.54. The quantitative estimate of drug-likeness (QED) is 0.602. The highest BCUT2D eigenvalue weighted by Gasteiger charge is 2.22. The van der Waals surface area contributed by atoms with Crippen LogP contribution in [0.3, 0.4) is 0 Å². The Morgan fingerprint density at radius 3 is 2.73 bits per heavy atom. The van der Waals surface area contributed by atoms with Gasteiger partial charge >= 0.3 is 0 Å². The van der Waals surface area contributed by atoms with Crippen molar-refractivity contribution in [3.05, 3.63) is 0 Å². The summed E-state index contributed by atoms with van der Waals surface area (Å²) in [6.07, 6.45) is 2.25. The van der Waals surface area contributed by atoms with Crippen LogP contribution in [0.25, 0.3) is 0 Å². The Balaban J connectivity index is 2.08. The zero-order valence-electron chi connectivity index (χ0n) is 10.1. The molecule has 4 heteroatoms. The summed E-state index contributed by atoms with van der Waals surface area (Å²) in [6, 6.07) is 1.02. The average Bonchev–Trinajstić information content (AvgIpc) is 2.98. The molecule has 1 aliphatic carbocycles. The SMILES string of the molecule is COCC(C)N(C)CC(O)CNC1CC1. The summed E-state index contributed by atoms with van der Waals surface area (Å²) in [5, 5.41) is 13.1. The molecule has 0 amide bonds. The Morgan fingerprint density at radius 2 is 2.20 bits per heavy atom. The van der Waals surface area contributed by atoms with E-state index < -0.39 is 0 Å². The molecule has 0 radical (unpaired) electrons. The van der Waals surface area contributed by atoms with Crippen molar-refractivity contribution in [1.29, 1.82) is 0 Å². The summed E-state index contributed by atoms with van der Waals surface area (Å²) < 4.78 is 5.08. The minimum atomic E-state index is -0.282. The first-order valence-corrected chi connectivity index (χ1v) is 5.74. The van der Waals surface area contributed by atoms with Crippen LogP contribution in [0, 0.1) is 0 Å². The van der Waals surface area contributed by atoms with Crippen molar-refractivity contribution in [2.45, 2.75) is 38.0 Å². The van der Waals surface area contributed by atoms with Gasteiger partial charge in [-0.25, -0.2) is 0 Å². The number of likely N-dealkylation sites (N-methyl/N-ethyl adjacent to an activating group) is 1. The van der Waals surface area contributed by atoms with Crippen LogP contribution in [-0.2, 0) is 4.74 Å². The topological polar surface area (TPSA) is 44.7 Å². The first-order chi connectivity index (χ1) is 7.13. The fourth-order valence-corrected chi connectivity index (χ4v) is 1.54. The maximum absolute atomic E-state index is 9.77. The molecule has 15 heavy (non-hydrogen) atoms. The molecule has 0 spiro atoms. The van der Waals surface area contributed by atoms with Crippen molar-refractivity contribution in [3.63, 3.8) is 0 Å². The highest BCUT2D eigenvalue weighted by Crippen LogP contribution is 2.18. The average molecular weight is 216 g/mol. The predicted octanol–water partition coefficient (Wildman–Crippen LogP) is 0.0660. The molecule has 1 saturated carbocycles. The molecule has 0 bridgehead atoms. The van der Waals surface area contributed by atoms with Gasteiger partial charge in [-0.2, -0.15) is 0 Å². The number of aliphatic hydroxyl groups excluding tert-OH is 1. The standard InChI is InChI=1S/C11H24N2O2/c1-9(8-15-3)13(2)7-11(14)6-12-10-4-5-10/h9-12,14H,4-8H2,1-3H3. The second-order valence-corrected chi connectivity index (χ2v) is 4.58. The van der Waals surface area contributed by atoms with Gasteiger partial charge in [-0.1, -0.05) is 0 Å². The van der Waals surface area contributed by atoms with Crippen molar-refractivity contribution in [1.82, 2.24) is 10.2 Å². The van der Waals surface area contributed by atoms with E-state index in [4.69, 9.17) is 4.74 Å². The molecule has 90 valence electrons. The molecule has 0 aromatic heterocycles. The third-order valence-corrected chi connectivity index (χ3v) is 2.88. The van der Waals surface area contributed by atoms with E-state index in [1.807, 2.05) is 7.05 Å². The highest BCUT2D eigenvalue weighted by molar-refractivity contribution is 4.82. The van der Waals surface area contributed by atoms with Gasteiger partial charge in [-0.05, 0) is 26.8 Å². The number of hydrogen-bond acceptors (Lipinski definition) is 4. The molecule has 2 N–H and O–H groups in total. The van der Waals surface area contributed by atoms with E-state index in [1.165, 1.54) is 12.8 Å². The molecule has 0 aromatic carbocycles. The van der Waals surface area contributed by atoms with E-state index in [2.05, 4.69) is 17.1 Å². The maximum Gasteiger partial charge on any atom is 0.0791 e. The van der Waals surface area contributed by atoms with Crippen LogP contribution in [-0.4, -0.2) is 62.0 Å². The van der Waals surface area contributed by atoms with Crippen LogP contribution in [0.4, 0.5) is 0 Å². The second-order valence-electron chi connectivity index (χ2n) is 4.58. The van der Waals surface area contributed by atoms with Crippen molar-refractivity contribution in [2.75, 3.05) is 33.9 Å². The van der Waals surface area contributed by atoms with Crippen LogP contribution in [0.15, 0.2) is 0 Å². The number of hydrogen-bond donors (Lipinski definition) is 2. The molecule has 2 unspecified atom stereocenters. The lowest BCUT2D eigenvalue weighted by atomic mass is 10.2. The summed E-state index contributed by atoms with van der Waals surface area (Å²) in [5.74, 6) is 0. The molecule has 1 rings (SSSR count). The van der Waals surface area contributed by atoms with Gasteiger partial charge in [0.15, 0.2) is 0 Å². The molecule has 1 fully saturated rings. The summed E-state index contributed by atoms with van der Waals surface area (Å²) in [4.78, 5) is 2.13. The van der Waals surface area contributed by atoms with E-state index in [0.29, 0.717) is 31.8 Å². The van der Waals surface area contributed by atoms with Crippen molar-refractivity contribution < 1.29 is 9.84 Å². The number of methoxy groups -OCH3 is 1. The number of nitrogens with zero attached hydrogens (tertiary/aromatic N) is 1. The lowest BCUT2D eigenvalue weighted by Crippen LogP contribution is -2.42. The van der Waals surface area contributed by atoms with Gasteiger partial charge in [-0.3, -0.25) is 4.90 Å². The third-order valence-electron chi connectivity index (χ3n) is 2.88. The van der Waals surface area contributed by atoms with Crippen LogP contribution < -0.4 is 5.32 Å². The lowest BCUT2D eigenvalue weighted by molar-refractivity contribution is 0.0707. The first-order valence-electron chi connectivity index (χ1n) is 5.74. The minimum absolute atomic E-state index is 0.282. The van der Waals surface area contributed by atoms with Crippen LogP contribution in [0.2, 0.25) is 0 Å². The van der Waals surface area contributed by atoms with E-state index in [-0.39, 0.29) is 6.10 Å². The summed E-state index contributed by atoms with van der Waals surface area (Å²) >= 11 is 0. The van der Waals surface area contributed by atoms with Gasteiger partial charge in [0.25, 0.3) is 0 Å². The van der Waals surface area contributed by atoms with E-state index in [9.17, 15) is 5.11 Å². The molecule has 4 nitrogen and oxygen atoms in total. The summed E-state index contributed by atoms with van der Waals surface area (Å²) in [7, 11) is 3.72. The molecular formula is C11H24N2O2. The van der Waals surface area contributed by atoms with Crippen LogP contribution in [0.1, 0.15) is 19.8 Å². The van der Waals surface area contributed by atoms with Crippen LogP contribution >= 0.6 is 0 Å². The van der Waals surface area contributed by atoms with Gasteiger partial charge in [0.1, 0.15) is 0 Å². The third kappa shape index (κ3) is 5.47. The number of aliphatic hydroxyl groups is 1. The zero-order valence-corrected chi connectivity index (χ0v) is 10.1. The number of nitrogens with one attached hydrogen (secondary N) is 1. The van der Waals surface area contributed by atoms with Crippen LogP contribution in [0.5, 0.6) is 0 Å². The molecule has 0 aromatic rings. The molecule has 1 aliphatic rings. The Kier molecular flexibility index (Phi) is 5.53. The van der Waals surface area contributed by atoms with Gasteiger partial charge in [0, 0.05) is 32.3 Å². The van der Waals surface area contributed by atoms with Crippen molar-refractivity contribution >= 4 is 0 Å². The van der Waals surface area contributed by atoms with E-state index >= 15 is 0 Å². The number of ether oxygens (including phenoxy) is 1. The largest absolute Gasteiger partial charge is 0.390 e. The van der Waals surface area contributed by atoms with Gasteiger partial charge in [0.05, 0.1) is 12.7 Å². The molecule has 0 aliphatic heterocycles. The zero-order chi connectivity index (χ0) is 11.3. The maximum atomic E-state index is 9.77. The van der Waals surface area contributed by atoms with Gasteiger partial charge in [0.2, 0.25) is 0 Å². The number of rotatable bonds is 8. The molecule has 0 heterocycles. The Bertz CT molecular complexity index is 174. The summed E-state index contributed by atoms with van der Waals surface area (Å²) in [5.41, 5.74) is 0. The van der Waals surface area contributed by atoms with Crippen molar-refractivity contribution in [2.24, 2.45) is 0 Å². The normalized spacial score (nSPS) is 20.6. The monoisotopic (exact) mass is 216 g/mol. The molecule has 0 saturated heterocycles. The molecular weight excluding hydrogens is 192 g/mol. The fraction of sp³-hybridized carbons (Fsp3) is 1.00. The Morgan fingerprint density at radius 1 is 1.53 bits per heavy atom. The highest BCUT2D eigenvalue weighted by atomic mass is 16.5. The predicted molar refractivity (Wildman–Crippen MR) is 61.0 cm³/mol. The second kappa shape index (κ2) is 6.43. The van der Waals surface area contributed by atoms with Gasteiger partial charge in [-0.15, -0.1) is 0 Å². The van der Waals surface area contributed by atoms with E-state index in [0.717, 1.165) is 0 Å². The van der Waals surface area contributed by atoms with Gasteiger partial charge < -0.3 is 15.2 Å². The lowest BCUT2D eigenvalue weighted by Gasteiger charge is -2.26. The molecule has 2 atom stereocenters.